The minimum Gasteiger partial charge on any atom is -0.326 e. The van der Waals surface area contributed by atoms with Gasteiger partial charge >= 0.3 is 0 Å². The predicted molar refractivity (Wildman–Crippen MR) is 128 cm³/mol. The zero-order valence-corrected chi connectivity index (χ0v) is 17.8. The summed E-state index contributed by atoms with van der Waals surface area (Å²) in [4.78, 5) is 29.0. The number of nitrogens with one attached hydrogen (secondary N) is 2. The van der Waals surface area contributed by atoms with Gasteiger partial charge in [-0.15, -0.1) is 0 Å². The highest BCUT2D eigenvalue weighted by Gasteiger charge is 2.18. The fraction of sp³-hybridized carbons (Fsp3) is 0.115. The third-order valence-electron chi connectivity index (χ3n) is 5.54. The van der Waals surface area contributed by atoms with Gasteiger partial charge in [0.1, 0.15) is 5.82 Å². The van der Waals surface area contributed by atoms with E-state index in [1.165, 1.54) is 6.92 Å². The van der Waals surface area contributed by atoms with Crippen LogP contribution in [0.1, 0.15) is 18.3 Å². The molecule has 0 fully saturated rings. The van der Waals surface area contributed by atoms with Crippen LogP contribution in [-0.2, 0) is 16.0 Å². The van der Waals surface area contributed by atoms with Crippen LogP contribution < -0.4 is 10.6 Å². The zero-order chi connectivity index (χ0) is 22.2. The Labute approximate surface area is 184 Å². The number of para-hydroxylation sites is 2. The molecule has 0 unspecified atom stereocenters. The second-order valence-corrected chi connectivity index (χ2v) is 7.86. The molecular weight excluding hydrogens is 400 g/mol. The lowest BCUT2D eigenvalue weighted by Gasteiger charge is -2.09. The van der Waals surface area contributed by atoms with Crippen molar-refractivity contribution in [1.82, 2.24) is 9.38 Å². The maximum Gasteiger partial charge on any atom is 0.228 e. The summed E-state index contributed by atoms with van der Waals surface area (Å²) in [7, 11) is 0. The molecule has 2 aromatic heterocycles. The number of amides is 2. The van der Waals surface area contributed by atoms with E-state index in [-0.39, 0.29) is 18.2 Å². The number of rotatable bonds is 4. The molecule has 0 atom stereocenters. The summed E-state index contributed by atoms with van der Waals surface area (Å²) in [5.74, 6) is 0.637. The number of benzene rings is 3. The lowest BCUT2D eigenvalue weighted by molar-refractivity contribution is -0.116. The second-order valence-electron chi connectivity index (χ2n) is 7.86. The van der Waals surface area contributed by atoms with Gasteiger partial charge in [-0.2, -0.15) is 0 Å². The van der Waals surface area contributed by atoms with Gasteiger partial charge in [-0.05, 0) is 36.8 Å². The maximum absolute atomic E-state index is 13.0. The van der Waals surface area contributed by atoms with E-state index in [0.717, 1.165) is 44.4 Å². The summed E-state index contributed by atoms with van der Waals surface area (Å²) in [6.07, 6.45) is 0.230. The Bertz CT molecular complexity index is 1500. The van der Waals surface area contributed by atoms with Crippen molar-refractivity contribution in [2.45, 2.75) is 20.3 Å². The molecule has 0 radical (unpaired) electrons. The van der Waals surface area contributed by atoms with Gasteiger partial charge in [-0.1, -0.05) is 48.5 Å². The van der Waals surface area contributed by atoms with E-state index in [1.54, 1.807) is 12.1 Å². The number of fused-ring (bicyclic) bond motifs is 5. The van der Waals surface area contributed by atoms with Crippen LogP contribution in [-0.4, -0.2) is 21.2 Å². The van der Waals surface area contributed by atoms with Gasteiger partial charge in [0.25, 0.3) is 0 Å². The lowest BCUT2D eigenvalue weighted by atomic mass is 10.1. The van der Waals surface area contributed by atoms with Gasteiger partial charge in [0.2, 0.25) is 11.8 Å². The molecule has 5 rings (SSSR count). The normalized spacial score (nSPS) is 11.2. The van der Waals surface area contributed by atoms with E-state index in [1.807, 2.05) is 67.6 Å². The molecule has 0 aliphatic carbocycles. The predicted octanol–water partition coefficient (Wildman–Crippen LogP) is 5.09. The largest absolute Gasteiger partial charge is 0.326 e. The molecule has 0 aliphatic heterocycles. The highest BCUT2D eigenvalue weighted by Crippen LogP contribution is 2.36. The Hall–Kier alpha value is -4.19. The highest BCUT2D eigenvalue weighted by molar-refractivity contribution is 6.16. The Morgan fingerprint density at radius 2 is 1.56 bits per heavy atom. The van der Waals surface area contributed by atoms with Crippen LogP contribution in [0.4, 0.5) is 11.4 Å². The third-order valence-corrected chi connectivity index (χ3v) is 5.54. The number of carbonyl (C=O) groups excluding carboxylic acids is 2. The highest BCUT2D eigenvalue weighted by atomic mass is 16.2. The topological polar surface area (TPSA) is 75.5 Å². The van der Waals surface area contributed by atoms with Crippen molar-refractivity contribution < 1.29 is 9.59 Å². The molecule has 6 heteroatoms. The van der Waals surface area contributed by atoms with E-state index >= 15 is 0 Å². The molecule has 6 nitrogen and oxygen atoms in total. The van der Waals surface area contributed by atoms with E-state index in [9.17, 15) is 9.59 Å². The summed E-state index contributed by atoms with van der Waals surface area (Å²) in [6, 6.07) is 23.3. The van der Waals surface area contributed by atoms with Gasteiger partial charge in [0.15, 0.2) is 0 Å². The second kappa shape index (κ2) is 7.81. The molecule has 2 amide bonds. The Morgan fingerprint density at radius 1 is 0.875 bits per heavy atom. The SMILES string of the molecule is CC(=O)Nc1ccc(CC(=O)Nc2c3ccccc3n3c(C)nc4ccccc4c23)cc1. The summed E-state index contributed by atoms with van der Waals surface area (Å²) in [5.41, 5.74) is 5.22. The molecule has 158 valence electrons. The standard InChI is InChI=1S/C26H22N4O2/c1-16-27-22-9-5-3-7-20(22)26-25(21-8-4-6-10-23(21)30(16)26)29-24(32)15-18-11-13-19(14-12-18)28-17(2)31/h3-14H,15H2,1-2H3,(H,28,31)(H,29,32). The molecule has 5 aromatic rings. The van der Waals surface area contributed by atoms with Gasteiger partial charge < -0.3 is 10.6 Å². The fourth-order valence-electron chi connectivity index (χ4n) is 4.23. The zero-order valence-electron chi connectivity index (χ0n) is 17.8. The first-order chi connectivity index (χ1) is 15.5. The summed E-state index contributed by atoms with van der Waals surface area (Å²) in [5, 5.41) is 7.87. The first kappa shape index (κ1) is 19.8. The number of anilines is 2. The quantitative estimate of drug-likeness (QED) is 0.424. The van der Waals surface area contributed by atoms with Gasteiger partial charge in [0.05, 0.1) is 28.7 Å². The number of carbonyl (C=O) groups is 2. The summed E-state index contributed by atoms with van der Waals surface area (Å²) in [6.45, 7) is 3.45. The Kier molecular flexibility index (Phi) is 4.82. The Morgan fingerprint density at radius 3 is 2.31 bits per heavy atom. The smallest absolute Gasteiger partial charge is 0.228 e. The van der Waals surface area contributed by atoms with E-state index in [4.69, 9.17) is 4.98 Å². The maximum atomic E-state index is 13.0. The van der Waals surface area contributed by atoms with Crippen molar-refractivity contribution in [2.24, 2.45) is 0 Å². The minimum atomic E-state index is -0.125. The first-order valence-electron chi connectivity index (χ1n) is 10.5. The van der Waals surface area contributed by atoms with Crippen LogP contribution in [0.5, 0.6) is 0 Å². The van der Waals surface area contributed by atoms with Crippen molar-refractivity contribution in [2.75, 3.05) is 10.6 Å². The van der Waals surface area contributed by atoms with Crippen LogP contribution in [0, 0.1) is 6.92 Å². The molecule has 0 spiro atoms. The molecular formula is C26H22N4O2. The average Bonchev–Trinajstić information content (AvgIpc) is 3.10. The van der Waals surface area contributed by atoms with E-state index in [2.05, 4.69) is 15.0 Å². The van der Waals surface area contributed by atoms with Crippen LogP contribution in [0.25, 0.3) is 27.3 Å². The molecule has 32 heavy (non-hydrogen) atoms. The molecule has 3 aromatic carbocycles. The van der Waals surface area contributed by atoms with Crippen molar-refractivity contribution in [3.8, 4) is 0 Å². The van der Waals surface area contributed by atoms with Crippen molar-refractivity contribution in [3.63, 3.8) is 0 Å². The molecule has 0 bridgehead atoms. The summed E-state index contributed by atoms with van der Waals surface area (Å²) < 4.78 is 2.11. The molecule has 2 N–H and O–H groups in total. The molecule has 2 heterocycles. The molecule has 0 aliphatic rings. The number of nitrogens with zero attached hydrogens (tertiary/aromatic N) is 2. The fourth-order valence-corrected chi connectivity index (χ4v) is 4.23. The van der Waals surface area contributed by atoms with Crippen molar-refractivity contribution >= 4 is 50.5 Å². The number of aromatic nitrogens is 2. The van der Waals surface area contributed by atoms with Crippen molar-refractivity contribution in [1.29, 1.82) is 0 Å². The van der Waals surface area contributed by atoms with Crippen molar-refractivity contribution in [3.05, 3.63) is 84.2 Å². The lowest BCUT2D eigenvalue weighted by Crippen LogP contribution is -2.14. The number of hydrogen-bond donors (Lipinski definition) is 2. The number of hydrogen-bond acceptors (Lipinski definition) is 3. The van der Waals surface area contributed by atoms with E-state index < -0.39 is 0 Å². The van der Waals surface area contributed by atoms with Crippen LogP contribution in [0.2, 0.25) is 0 Å². The van der Waals surface area contributed by atoms with E-state index in [0.29, 0.717) is 5.69 Å². The minimum absolute atomic E-state index is 0.103. The summed E-state index contributed by atoms with van der Waals surface area (Å²) >= 11 is 0. The number of aryl methyl sites for hydroxylation is 1. The monoisotopic (exact) mass is 422 g/mol. The van der Waals surface area contributed by atoms with Crippen LogP contribution in [0.15, 0.2) is 72.8 Å². The Balaban J connectivity index is 1.56. The van der Waals surface area contributed by atoms with Crippen LogP contribution in [0.3, 0.4) is 0 Å². The third kappa shape index (κ3) is 3.46. The van der Waals surface area contributed by atoms with Gasteiger partial charge in [0, 0.05) is 23.4 Å². The molecule has 0 saturated carbocycles. The van der Waals surface area contributed by atoms with Gasteiger partial charge in [-0.25, -0.2) is 4.98 Å². The average molecular weight is 422 g/mol. The first-order valence-corrected chi connectivity index (χ1v) is 10.5. The van der Waals surface area contributed by atoms with Crippen LogP contribution >= 0.6 is 0 Å². The van der Waals surface area contributed by atoms with Gasteiger partial charge in [-0.3, -0.25) is 14.0 Å². The molecule has 0 saturated heterocycles.